The van der Waals surface area contributed by atoms with E-state index in [4.69, 9.17) is 9.84 Å². The topological polar surface area (TPSA) is 110 Å². The van der Waals surface area contributed by atoms with E-state index in [2.05, 4.69) is 15.1 Å². The number of ether oxygens (including phenoxy) is 1. The van der Waals surface area contributed by atoms with E-state index in [1.807, 2.05) is 30.3 Å². The predicted molar refractivity (Wildman–Crippen MR) is 110 cm³/mol. The van der Waals surface area contributed by atoms with E-state index in [-0.39, 0.29) is 17.8 Å². The molecule has 1 aromatic carbocycles. The van der Waals surface area contributed by atoms with Gasteiger partial charge in [-0.05, 0) is 48.9 Å². The molecule has 3 atom stereocenters. The van der Waals surface area contributed by atoms with Crippen LogP contribution in [0, 0.1) is 11.8 Å². The summed E-state index contributed by atoms with van der Waals surface area (Å²) < 4.78 is 7.36. The molecule has 2 unspecified atom stereocenters. The van der Waals surface area contributed by atoms with Crippen molar-refractivity contribution in [3.05, 3.63) is 60.8 Å². The summed E-state index contributed by atoms with van der Waals surface area (Å²) in [6.07, 6.45) is 6.51. The van der Waals surface area contributed by atoms with E-state index in [0.717, 1.165) is 34.5 Å². The maximum absolute atomic E-state index is 12.7. The summed E-state index contributed by atoms with van der Waals surface area (Å²) in [5.74, 6) is 0.405. The van der Waals surface area contributed by atoms with Gasteiger partial charge in [0.15, 0.2) is 5.69 Å². The zero-order valence-corrected chi connectivity index (χ0v) is 16.7. The van der Waals surface area contributed by atoms with Crippen molar-refractivity contribution >= 4 is 12.0 Å². The third kappa shape index (κ3) is 3.86. The number of likely N-dealkylation sites (tertiary alicyclic amines) is 1. The lowest BCUT2D eigenvalue weighted by Gasteiger charge is -2.20. The summed E-state index contributed by atoms with van der Waals surface area (Å²) >= 11 is 0. The van der Waals surface area contributed by atoms with Crippen LogP contribution in [0.4, 0.5) is 4.79 Å². The first-order chi connectivity index (χ1) is 15.1. The third-order valence-corrected chi connectivity index (χ3v) is 6.00. The first-order valence-corrected chi connectivity index (χ1v) is 10.2. The van der Waals surface area contributed by atoms with Crippen LogP contribution in [-0.4, -0.2) is 60.9 Å². The smallest absolute Gasteiger partial charge is 0.356 e. The van der Waals surface area contributed by atoms with E-state index in [0.29, 0.717) is 24.9 Å². The van der Waals surface area contributed by atoms with Gasteiger partial charge in [-0.15, -0.1) is 0 Å². The lowest BCUT2D eigenvalue weighted by atomic mass is 10.0. The van der Waals surface area contributed by atoms with E-state index < -0.39 is 5.97 Å². The monoisotopic (exact) mass is 419 g/mol. The van der Waals surface area contributed by atoms with Crippen molar-refractivity contribution in [2.24, 2.45) is 11.8 Å². The molecule has 158 valence electrons. The number of benzene rings is 1. The predicted octanol–water partition coefficient (Wildman–Crippen LogP) is 2.80. The maximum Gasteiger partial charge on any atom is 0.356 e. The first kappa shape index (κ1) is 19.2. The van der Waals surface area contributed by atoms with Crippen LogP contribution in [0.1, 0.15) is 23.3 Å². The Morgan fingerprint density at radius 1 is 1.10 bits per heavy atom. The number of carboxylic acid groups (broad SMARTS) is 1. The summed E-state index contributed by atoms with van der Waals surface area (Å²) in [6.45, 7) is 1.26. The highest BCUT2D eigenvalue weighted by atomic mass is 16.5. The molecule has 3 heterocycles. The van der Waals surface area contributed by atoms with Crippen molar-refractivity contribution in [3.8, 4) is 17.0 Å². The summed E-state index contributed by atoms with van der Waals surface area (Å²) in [5, 5.41) is 12.8. The van der Waals surface area contributed by atoms with Gasteiger partial charge < -0.3 is 14.7 Å². The molecule has 2 aromatic heterocycles. The molecule has 5 rings (SSSR count). The van der Waals surface area contributed by atoms with E-state index in [9.17, 15) is 9.59 Å². The van der Waals surface area contributed by atoms with Crippen molar-refractivity contribution in [3.63, 3.8) is 0 Å². The largest absolute Gasteiger partial charge is 0.490 e. The molecule has 3 aromatic rings. The molecular formula is C22H21N5O4. The molecule has 1 N–H and O–H groups in total. The number of hydrogen-bond acceptors (Lipinski definition) is 6. The number of nitrogens with zero attached hydrogens (tertiary/aromatic N) is 5. The standard InChI is InChI=1S/C22H21N5O4/c28-21(29)20-5-7-27(25-20)22(30)26-11-15-9-18(10-16(15)12-26)31-17-3-1-2-14(8-17)19-4-6-23-13-24-19/h1-8,13,15-16,18H,9-12H2,(H,28,29)/t15-,16?,18?/m0/s1. The average molecular weight is 419 g/mol. The van der Waals surface area contributed by atoms with Crippen molar-refractivity contribution in [2.45, 2.75) is 18.9 Å². The van der Waals surface area contributed by atoms with Crippen LogP contribution >= 0.6 is 0 Å². The van der Waals surface area contributed by atoms with Crippen molar-refractivity contribution in [2.75, 3.05) is 13.1 Å². The van der Waals surface area contributed by atoms with Crippen LogP contribution in [0.3, 0.4) is 0 Å². The summed E-state index contributed by atoms with van der Waals surface area (Å²) in [4.78, 5) is 33.6. The van der Waals surface area contributed by atoms with Crippen molar-refractivity contribution in [1.82, 2.24) is 24.6 Å². The Balaban J connectivity index is 1.20. The van der Waals surface area contributed by atoms with Crippen molar-refractivity contribution < 1.29 is 19.4 Å². The molecule has 1 saturated heterocycles. The summed E-state index contributed by atoms with van der Waals surface area (Å²) in [5.41, 5.74) is 1.70. The minimum Gasteiger partial charge on any atom is -0.490 e. The maximum atomic E-state index is 12.7. The van der Waals surface area contributed by atoms with Crippen LogP contribution in [0.5, 0.6) is 5.75 Å². The molecular weight excluding hydrogens is 398 g/mol. The van der Waals surface area contributed by atoms with Gasteiger partial charge in [-0.2, -0.15) is 9.78 Å². The molecule has 0 radical (unpaired) electrons. The van der Waals surface area contributed by atoms with Gasteiger partial charge in [0.1, 0.15) is 12.1 Å². The Labute approximate surface area is 178 Å². The lowest BCUT2D eigenvalue weighted by molar-refractivity contribution is 0.0690. The Morgan fingerprint density at radius 3 is 2.58 bits per heavy atom. The number of carboxylic acids is 1. The highest BCUT2D eigenvalue weighted by Crippen LogP contribution is 2.40. The van der Waals surface area contributed by atoms with Gasteiger partial charge in [-0.3, -0.25) is 0 Å². The number of hydrogen-bond donors (Lipinski definition) is 1. The highest BCUT2D eigenvalue weighted by molar-refractivity contribution is 5.86. The van der Waals surface area contributed by atoms with Gasteiger partial charge >= 0.3 is 12.0 Å². The molecule has 9 nitrogen and oxygen atoms in total. The second-order valence-corrected chi connectivity index (χ2v) is 7.99. The number of aromatic nitrogens is 4. The number of rotatable bonds is 4. The van der Waals surface area contributed by atoms with Crippen LogP contribution < -0.4 is 4.74 Å². The van der Waals surface area contributed by atoms with E-state index in [1.165, 1.54) is 18.6 Å². The van der Waals surface area contributed by atoms with Crippen LogP contribution in [0.2, 0.25) is 0 Å². The van der Waals surface area contributed by atoms with Gasteiger partial charge in [-0.1, -0.05) is 12.1 Å². The zero-order chi connectivity index (χ0) is 21.4. The highest BCUT2D eigenvalue weighted by Gasteiger charge is 2.43. The molecule has 0 spiro atoms. The fraction of sp³-hybridized carbons (Fsp3) is 0.318. The van der Waals surface area contributed by atoms with Gasteiger partial charge in [-0.25, -0.2) is 19.6 Å². The fourth-order valence-corrected chi connectivity index (χ4v) is 4.57. The SMILES string of the molecule is O=C(O)c1ccn(C(=O)N2CC3CC(Oc4cccc(-c5ccncn5)c4)C[C@H]3C2)n1. The minimum absolute atomic E-state index is 0.108. The lowest BCUT2D eigenvalue weighted by Crippen LogP contribution is -2.34. The normalized spacial score (nSPS) is 22.3. The van der Waals surface area contributed by atoms with Crippen LogP contribution in [0.15, 0.2) is 55.1 Å². The summed E-state index contributed by atoms with van der Waals surface area (Å²) in [6, 6.07) is 10.8. The van der Waals surface area contributed by atoms with E-state index in [1.54, 1.807) is 11.1 Å². The molecule has 1 saturated carbocycles. The Bertz CT molecular complexity index is 1100. The average Bonchev–Trinajstić information content (AvgIpc) is 3.49. The van der Waals surface area contributed by atoms with Gasteiger partial charge in [0.05, 0.1) is 11.8 Å². The Morgan fingerprint density at radius 2 is 1.90 bits per heavy atom. The molecule has 1 aliphatic carbocycles. The number of fused-ring (bicyclic) bond motifs is 1. The molecule has 1 amide bonds. The Kier molecular flexibility index (Phi) is 4.85. The number of amides is 1. The second-order valence-electron chi connectivity index (χ2n) is 7.99. The fourth-order valence-electron chi connectivity index (χ4n) is 4.57. The van der Waals surface area contributed by atoms with Gasteiger partial charge in [0, 0.05) is 31.0 Å². The minimum atomic E-state index is -1.14. The molecule has 0 bridgehead atoms. The molecule has 31 heavy (non-hydrogen) atoms. The van der Waals surface area contributed by atoms with Crippen LogP contribution in [-0.2, 0) is 0 Å². The number of carbonyl (C=O) groups excluding carboxylic acids is 1. The van der Waals surface area contributed by atoms with E-state index >= 15 is 0 Å². The molecule has 2 aliphatic rings. The van der Waals surface area contributed by atoms with Gasteiger partial charge in [0.2, 0.25) is 0 Å². The number of carbonyl (C=O) groups is 2. The van der Waals surface area contributed by atoms with Crippen molar-refractivity contribution in [1.29, 1.82) is 0 Å². The molecule has 1 aliphatic heterocycles. The molecule has 9 heteroatoms. The second kappa shape index (κ2) is 7.82. The van der Waals surface area contributed by atoms with Crippen LogP contribution in [0.25, 0.3) is 11.3 Å². The third-order valence-electron chi connectivity index (χ3n) is 6.00. The number of aromatic carboxylic acids is 1. The summed E-state index contributed by atoms with van der Waals surface area (Å²) in [7, 11) is 0. The molecule has 2 fully saturated rings. The zero-order valence-electron chi connectivity index (χ0n) is 16.7. The Hall–Kier alpha value is -3.75. The van der Waals surface area contributed by atoms with Gasteiger partial charge in [0.25, 0.3) is 0 Å². The first-order valence-electron chi connectivity index (χ1n) is 10.2. The quantitative estimate of drug-likeness (QED) is 0.692.